The molecule has 0 aromatic carbocycles. The third kappa shape index (κ3) is 2.55. The molecule has 2 fully saturated rings. The number of nitrogens with zero attached hydrogens (tertiary/aromatic N) is 1. The zero-order valence-electron chi connectivity index (χ0n) is 8.49. The fraction of sp³-hybridized carbons (Fsp3) is 0.700. The van der Waals surface area contributed by atoms with Gasteiger partial charge >= 0.3 is 6.03 Å². The molecule has 15 heavy (non-hydrogen) atoms. The zero-order chi connectivity index (χ0) is 10.8. The molecule has 0 spiro atoms. The van der Waals surface area contributed by atoms with Crippen LogP contribution in [0, 0.1) is 5.92 Å². The molecular formula is C10H14N2O3. The maximum atomic E-state index is 11.4. The van der Waals surface area contributed by atoms with Crippen molar-refractivity contribution in [2.75, 3.05) is 6.54 Å². The van der Waals surface area contributed by atoms with Crippen molar-refractivity contribution >= 4 is 17.8 Å². The number of amides is 4. The lowest BCUT2D eigenvalue weighted by atomic mass is 10.2. The average molecular weight is 210 g/mol. The van der Waals surface area contributed by atoms with Gasteiger partial charge in [-0.1, -0.05) is 12.8 Å². The Morgan fingerprint density at radius 1 is 1.27 bits per heavy atom. The van der Waals surface area contributed by atoms with Crippen LogP contribution in [0.5, 0.6) is 0 Å². The van der Waals surface area contributed by atoms with Crippen LogP contribution in [0.25, 0.3) is 0 Å². The minimum atomic E-state index is -0.563. The number of carbonyl (C=O) groups is 3. The first-order chi connectivity index (χ1) is 7.16. The number of nitrogens with one attached hydrogen (secondary N) is 1. The number of rotatable bonds is 4. The normalized spacial score (nSPS) is 21.9. The van der Waals surface area contributed by atoms with Crippen LogP contribution in [0.4, 0.5) is 4.79 Å². The van der Waals surface area contributed by atoms with Crippen molar-refractivity contribution in [3.63, 3.8) is 0 Å². The van der Waals surface area contributed by atoms with Gasteiger partial charge in [-0.15, -0.1) is 0 Å². The summed E-state index contributed by atoms with van der Waals surface area (Å²) in [5, 5.41) is 2.14. The van der Waals surface area contributed by atoms with Crippen LogP contribution in [0.15, 0.2) is 0 Å². The molecule has 1 saturated heterocycles. The van der Waals surface area contributed by atoms with Crippen LogP contribution in [-0.2, 0) is 9.59 Å². The Labute approximate surface area is 87.8 Å². The van der Waals surface area contributed by atoms with Crippen LogP contribution in [0.2, 0.25) is 0 Å². The van der Waals surface area contributed by atoms with Crippen LogP contribution in [0.3, 0.4) is 0 Å². The first-order valence-electron chi connectivity index (χ1n) is 5.31. The number of imide groups is 2. The summed E-state index contributed by atoms with van der Waals surface area (Å²) in [6.07, 6.45) is 4.27. The van der Waals surface area contributed by atoms with Gasteiger partial charge in [0.15, 0.2) is 0 Å². The smallest absolute Gasteiger partial charge is 0.277 e. The Kier molecular flexibility index (Phi) is 2.70. The van der Waals surface area contributed by atoms with Gasteiger partial charge in [-0.3, -0.25) is 19.8 Å². The summed E-state index contributed by atoms with van der Waals surface area (Å²) < 4.78 is 0. The number of barbiturate groups is 1. The second kappa shape index (κ2) is 4.00. The van der Waals surface area contributed by atoms with E-state index >= 15 is 0 Å². The lowest BCUT2D eigenvalue weighted by Crippen LogP contribution is -2.52. The van der Waals surface area contributed by atoms with Crippen molar-refractivity contribution in [1.82, 2.24) is 10.2 Å². The van der Waals surface area contributed by atoms with Crippen molar-refractivity contribution in [3.05, 3.63) is 0 Å². The van der Waals surface area contributed by atoms with Crippen molar-refractivity contribution in [1.29, 1.82) is 0 Å². The molecule has 2 rings (SSSR count). The third-order valence-corrected chi connectivity index (χ3v) is 2.80. The Morgan fingerprint density at radius 3 is 2.60 bits per heavy atom. The largest absolute Gasteiger partial charge is 0.330 e. The molecule has 0 aromatic heterocycles. The molecule has 2 aliphatic rings. The Hall–Kier alpha value is -1.39. The fourth-order valence-electron chi connectivity index (χ4n) is 1.75. The summed E-state index contributed by atoms with van der Waals surface area (Å²) in [6.45, 7) is 0.439. The number of urea groups is 1. The summed E-state index contributed by atoms with van der Waals surface area (Å²) in [6, 6.07) is -0.563. The molecular weight excluding hydrogens is 196 g/mol. The van der Waals surface area contributed by atoms with Crippen molar-refractivity contribution < 1.29 is 14.4 Å². The number of carbonyl (C=O) groups excluding carboxylic acids is 3. The second-order valence-corrected chi connectivity index (χ2v) is 4.16. The van der Waals surface area contributed by atoms with E-state index in [0.717, 1.165) is 23.7 Å². The summed E-state index contributed by atoms with van der Waals surface area (Å²) in [7, 11) is 0. The molecule has 4 amide bonds. The van der Waals surface area contributed by atoms with Gasteiger partial charge in [-0.25, -0.2) is 4.79 Å². The quantitative estimate of drug-likeness (QED) is 0.692. The highest BCUT2D eigenvalue weighted by atomic mass is 16.2. The lowest BCUT2D eigenvalue weighted by Gasteiger charge is -2.24. The van der Waals surface area contributed by atoms with Gasteiger partial charge < -0.3 is 0 Å². The molecule has 1 N–H and O–H groups in total. The molecule has 0 aromatic rings. The zero-order valence-corrected chi connectivity index (χ0v) is 8.49. The van der Waals surface area contributed by atoms with Gasteiger partial charge in [0, 0.05) is 6.54 Å². The van der Waals surface area contributed by atoms with E-state index in [-0.39, 0.29) is 12.3 Å². The van der Waals surface area contributed by atoms with E-state index in [2.05, 4.69) is 5.32 Å². The topological polar surface area (TPSA) is 66.5 Å². The Bertz CT molecular complexity index is 290. The molecule has 82 valence electrons. The van der Waals surface area contributed by atoms with Crippen LogP contribution in [-0.4, -0.2) is 29.3 Å². The van der Waals surface area contributed by atoms with Crippen LogP contribution in [0.1, 0.15) is 32.1 Å². The molecule has 0 unspecified atom stereocenters. The average Bonchev–Trinajstić information content (AvgIpc) is 2.93. The van der Waals surface area contributed by atoms with Crippen molar-refractivity contribution in [3.8, 4) is 0 Å². The molecule has 1 aliphatic carbocycles. The molecule has 1 heterocycles. The highest BCUT2D eigenvalue weighted by Crippen LogP contribution is 2.33. The second-order valence-electron chi connectivity index (χ2n) is 4.16. The first kappa shape index (κ1) is 10.1. The predicted octanol–water partition coefficient (Wildman–Crippen LogP) is 0.645. The third-order valence-electron chi connectivity index (χ3n) is 2.80. The monoisotopic (exact) mass is 210 g/mol. The Morgan fingerprint density at radius 2 is 2.00 bits per heavy atom. The van der Waals surface area contributed by atoms with E-state index in [9.17, 15) is 14.4 Å². The summed E-state index contributed by atoms with van der Waals surface area (Å²) >= 11 is 0. The minimum Gasteiger partial charge on any atom is -0.277 e. The van der Waals surface area contributed by atoms with Gasteiger partial charge in [-0.2, -0.15) is 0 Å². The Balaban J connectivity index is 1.80. The highest BCUT2D eigenvalue weighted by Gasteiger charge is 2.30. The highest BCUT2D eigenvalue weighted by molar-refractivity contribution is 6.14. The SMILES string of the molecule is O=C1CC(=O)N(CCCC2CC2)C(=O)N1. The van der Waals surface area contributed by atoms with E-state index in [1.54, 1.807) is 0 Å². The number of hydrogen-bond donors (Lipinski definition) is 1. The molecule has 0 atom stereocenters. The van der Waals surface area contributed by atoms with Crippen molar-refractivity contribution in [2.45, 2.75) is 32.1 Å². The molecule has 0 bridgehead atoms. The molecule has 1 aliphatic heterocycles. The van der Waals surface area contributed by atoms with Crippen LogP contribution < -0.4 is 5.32 Å². The molecule has 5 nitrogen and oxygen atoms in total. The van der Waals surface area contributed by atoms with Gasteiger partial charge in [0.05, 0.1) is 0 Å². The van der Waals surface area contributed by atoms with Gasteiger partial charge in [0.25, 0.3) is 0 Å². The van der Waals surface area contributed by atoms with E-state index in [0.29, 0.717) is 6.54 Å². The lowest BCUT2D eigenvalue weighted by molar-refractivity contribution is -0.136. The molecule has 0 radical (unpaired) electrons. The summed E-state index contributed by atoms with van der Waals surface area (Å²) in [5.41, 5.74) is 0. The van der Waals surface area contributed by atoms with Gasteiger partial charge in [0.1, 0.15) is 6.42 Å². The minimum absolute atomic E-state index is 0.199. The fourth-order valence-corrected chi connectivity index (χ4v) is 1.75. The standard InChI is InChI=1S/C10H14N2O3/c13-8-6-9(14)12(10(15)11-8)5-1-2-7-3-4-7/h7H,1-6H2,(H,11,13,15). The van der Waals surface area contributed by atoms with Crippen molar-refractivity contribution in [2.24, 2.45) is 5.92 Å². The maximum absolute atomic E-state index is 11.4. The van der Waals surface area contributed by atoms with Gasteiger partial charge in [0.2, 0.25) is 11.8 Å². The van der Waals surface area contributed by atoms with E-state index < -0.39 is 11.9 Å². The number of hydrogen-bond acceptors (Lipinski definition) is 3. The summed E-state index contributed by atoms with van der Waals surface area (Å²) in [5.74, 6) is -0.0717. The predicted molar refractivity (Wildman–Crippen MR) is 51.8 cm³/mol. The molecule has 1 saturated carbocycles. The first-order valence-corrected chi connectivity index (χ1v) is 5.31. The van der Waals surface area contributed by atoms with E-state index in [4.69, 9.17) is 0 Å². The van der Waals surface area contributed by atoms with E-state index in [1.165, 1.54) is 12.8 Å². The van der Waals surface area contributed by atoms with Crippen LogP contribution >= 0.6 is 0 Å². The van der Waals surface area contributed by atoms with E-state index in [1.807, 2.05) is 0 Å². The molecule has 5 heteroatoms. The van der Waals surface area contributed by atoms with Gasteiger partial charge in [-0.05, 0) is 18.8 Å². The maximum Gasteiger partial charge on any atom is 0.330 e. The summed E-state index contributed by atoms with van der Waals surface area (Å²) in [4.78, 5) is 34.6.